The van der Waals surface area contributed by atoms with Crippen LogP contribution >= 0.6 is 31.7 Å². The van der Waals surface area contributed by atoms with Gasteiger partial charge >= 0.3 is 0 Å². The first-order valence-electron chi connectivity index (χ1n) is 25.6. The molecule has 0 unspecified atom stereocenters. The van der Waals surface area contributed by atoms with Gasteiger partial charge in [0.15, 0.2) is 0 Å². The van der Waals surface area contributed by atoms with Crippen LogP contribution in [0.3, 0.4) is 0 Å². The van der Waals surface area contributed by atoms with Crippen LogP contribution < -0.4 is 63.7 Å². The minimum absolute atomic E-state index is 0. The standard InChI is InChI=1S/4C18H15P.K.2Rh.H/c4*1-4-10-16(11-5-1)19(17-12-6-2-7-13-17)18-14-8-3-9-15-18;;;;/h4*1-15H;;;;/q;;;;;;;-1. The average Bonchev–Trinajstić information content (AvgIpc) is 3.52. The molecular weight excluding hydrogens is 1230 g/mol. The Kier molecular flexibility index (Phi) is 28.8. The van der Waals surface area contributed by atoms with Gasteiger partial charge in [0.2, 0.25) is 0 Å². The van der Waals surface area contributed by atoms with Gasteiger partial charge in [-0.3, -0.25) is 0 Å². The van der Waals surface area contributed by atoms with Gasteiger partial charge in [-0.15, -0.1) is 0 Å². The molecule has 79 heavy (non-hydrogen) atoms. The molecule has 0 atom stereocenters. The van der Waals surface area contributed by atoms with Gasteiger partial charge < -0.3 is 1.43 Å². The van der Waals surface area contributed by atoms with Crippen molar-refractivity contribution in [2.75, 3.05) is 0 Å². The molecule has 12 aromatic carbocycles. The minimum Gasteiger partial charge on any atom is -1.00 e. The molecule has 0 aromatic heterocycles. The van der Waals surface area contributed by atoms with Gasteiger partial charge in [0.25, 0.3) is 0 Å². The topological polar surface area (TPSA) is 0 Å². The molecule has 0 bridgehead atoms. The van der Waals surface area contributed by atoms with Crippen molar-refractivity contribution in [1.29, 1.82) is 0 Å². The summed E-state index contributed by atoms with van der Waals surface area (Å²) in [6.07, 6.45) is 0. The normalized spacial score (nSPS) is 10.2. The van der Waals surface area contributed by atoms with E-state index in [0.29, 0.717) is 0 Å². The van der Waals surface area contributed by atoms with Gasteiger partial charge in [0.05, 0.1) is 0 Å². The summed E-state index contributed by atoms with van der Waals surface area (Å²) in [6, 6.07) is 129. The molecule has 0 spiro atoms. The van der Waals surface area contributed by atoms with Crippen LogP contribution in [-0.2, 0) is 39.0 Å². The van der Waals surface area contributed by atoms with E-state index in [0.717, 1.165) is 0 Å². The molecule has 12 aromatic rings. The van der Waals surface area contributed by atoms with Crippen molar-refractivity contribution in [2.24, 2.45) is 0 Å². The molecule has 0 saturated heterocycles. The number of rotatable bonds is 12. The third-order valence-corrected chi connectivity index (χ3v) is 21.9. The number of hydrogen-bond acceptors (Lipinski definition) is 0. The molecule has 0 nitrogen and oxygen atoms in total. The maximum absolute atomic E-state index is 2.23. The van der Waals surface area contributed by atoms with E-state index in [2.05, 4.69) is 364 Å². The van der Waals surface area contributed by atoms with Crippen LogP contribution in [0.4, 0.5) is 0 Å². The van der Waals surface area contributed by atoms with Gasteiger partial charge in [-0.25, -0.2) is 0 Å². The minimum atomic E-state index is -0.446. The van der Waals surface area contributed by atoms with Gasteiger partial charge in [0, 0.05) is 90.3 Å². The van der Waals surface area contributed by atoms with Crippen LogP contribution in [0.25, 0.3) is 0 Å². The molecule has 0 fully saturated rings. The van der Waals surface area contributed by atoms with E-state index >= 15 is 0 Å². The predicted octanol–water partition coefficient (Wildman–Crippen LogP) is 13.5. The Labute approximate surface area is 544 Å². The second kappa shape index (κ2) is 35.9. The second-order valence-corrected chi connectivity index (χ2v) is 26.2. The molecule has 12 rings (SSSR count). The molecule has 0 N–H and O–H groups in total. The Bertz CT molecular complexity index is 2600. The van der Waals surface area contributed by atoms with Crippen LogP contribution in [0.15, 0.2) is 364 Å². The van der Waals surface area contributed by atoms with Gasteiger partial charge in [-0.2, -0.15) is 0 Å². The van der Waals surface area contributed by atoms with Crippen molar-refractivity contribution in [1.82, 2.24) is 0 Å². The zero-order valence-corrected chi connectivity index (χ0v) is 54.1. The van der Waals surface area contributed by atoms with E-state index in [9.17, 15) is 0 Å². The van der Waals surface area contributed by atoms with Crippen molar-refractivity contribution in [2.45, 2.75) is 0 Å². The van der Waals surface area contributed by atoms with E-state index in [1.165, 1.54) is 63.7 Å². The molecule has 7 heteroatoms. The number of benzene rings is 12. The first kappa shape index (κ1) is 63.4. The van der Waals surface area contributed by atoms with E-state index in [-0.39, 0.29) is 91.8 Å². The van der Waals surface area contributed by atoms with Crippen LogP contribution in [0.5, 0.6) is 0 Å². The molecular formula is C72H61KP4Rh2-. The third kappa shape index (κ3) is 19.2. The summed E-state index contributed by atoms with van der Waals surface area (Å²) >= 11 is 0. The zero-order chi connectivity index (χ0) is 51.7. The molecule has 3 radical (unpaired) electrons. The van der Waals surface area contributed by atoms with E-state index in [1.807, 2.05) is 0 Å². The van der Waals surface area contributed by atoms with E-state index in [1.54, 1.807) is 0 Å². The predicted molar refractivity (Wildman–Crippen MR) is 347 cm³/mol. The first-order valence-corrected chi connectivity index (χ1v) is 31.0. The molecule has 0 aliphatic heterocycles. The Morgan fingerprint density at radius 1 is 0.127 bits per heavy atom. The van der Waals surface area contributed by atoms with Crippen LogP contribution in [-0.4, -0.2) is 51.4 Å². The maximum Gasteiger partial charge on any atom is 0 e. The SMILES string of the molecule is [H-].[K].[Rh].[Rh].c1ccc(P(c2ccccc2)c2ccccc2)cc1.c1ccc(P(c2ccccc2)c2ccccc2)cc1.c1ccc(P(c2ccccc2)c2ccccc2)cc1.c1ccc(P(c2ccccc2)c2ccccc2)cc1. The quantitative estimate of drug-likeness (QED) is 0.0845. The molecule has 0 aliphatic carbocycles. The molecule has 0 heterocycles. The van der Waals surface area contributed by atoms with Crippen molar-refractivity contribution in [3.05, 3.63) is 364 Å². The van der Waals surface area contributed by atoms with Gasteiger partial charge in [0.1, 0.15) is 0 Å². The Morgan fingerprint density at radius 2 is 0.190 bits per heavy atom. The molecule has 0 amide bonds. The van der Waals surface area contributed by atoms with Crippen molar-refractivity contribution in [3.8, 4) is 0 Å². The third-order valence-electron chi connectivity index (χ3n) is 12.2. The Hall–Kier alpha value is -4.76. The fraction of sp³-hybridized carbons (Fsp3) is 0. The zero-order valence-electron chi connectivity index (χ0n) is 45.1. The summed E-state index contributed by atoms with van der Waals surface area (Å²) in [4.78, 5) is 0. The monoisotopic (exact) mass is 1290 g/mol. The van der Waals surface area contributed by atoms with Crippen LogP contribution in [0.1, 0.15) is 1.43 Å². The molecule has 0 saturated carbocycles. The maximum atomic E-state index is 2.23. The van der Waals surface area contributed by atoms with Crippen molar-refractivity contribution >= 4 is 147 Å². The van der Waals surface area contributed by atoms with E-state index < -0.39 is 31.7 Å². The molecule has 389 valence electrons. The van der Waals surface area contributed by atoms with Crippen LogP contribution in [0, 0.1) is 0 Å². The second-order valence-electron chi connectivity index (χ2n) is 17.4. The van der Waals surface area contributed by atoms with Crippen molar-refractivity contribution in [3.63, 3.8) is 0 Å². The largest absolute Gasteiger partial charge is 1.00 e. The summed E-state index contributed by atoms with van der Waals surface area (Å²) in [6.45, 7) is 0. The fourth-order valence-corrected chi connectivity index (χ4v) is 17.9. The summed E-state index contributed by atoms with van der Waals surface area (Å²) in [5.74, 6) is 0. The Balaban J connectivity index is 0.000000193. The van der Waals surface area contributed by atoms with Crippen LogP contribution in [0.2, 0.25) is 0 Å². The Morgan fingerprint density at radius 3 is 0.253 bits per heavy atom. The smallest absolute Gasteiger partial charge is 0 e. The van der Waals surface area contributed by atoms with E-state index in [4.69, 9.17) is 0 Å². The van der Waals surface area contributed by atoms with Crippen molar-refractivity contribution < 1.29 is 40.4 Å². The number of hydrogen-bond donors (Lipinski definition) is 0. The van der Waals surface area contributed by atoms with Gasteiger partial charge in [-0.1, -0.05) is 364 Å². The fourth-order valence-electron chi connectivity index (χ4n) is 8.71. The first-order chi connectivity index (χ1) is 37.8. The summed E-state index contributed by atoms with van der Waals surface area (Å²) in [5, 5.41) is 16.8. The average molecular weight is 1300 g/mol. The molecule has 0 aliphatic rings. The summed E-state index contributed by atoms with van der Waals surface area (Å²) < 4.78 is 0. The summed E-state index contributed by atoms with van der Waals surface area (Å²) in [7, 11) is -1.78. The van der Waals surface area contributed by atoms with Gasteiger partial charge in [-0.05, 0) is 95.3 Å². The summed E-state index contributed by atoms with van der Waals surface area (Å²) in [5.41, 5.74) is 0.